The molecule has 3 rings (SSSR count). The van der Waals surface area contributed by atoms with Crippen LogP contribution in [0, 0.1) is 6.92 Å². The molecule has 0 bridgehead atoms. The predicted octanol–water partition coefficient (Wildman–Crippen LogP) is 6.30. The van der Waals surface area contributed by atoms with Crippen LogP contribution in [0.15, 0.2) is 48.0 Å². The third kappa shape index (κ3) is 5.19. The minimum absolute atomic E-state index is 0.142. The standard InChI is InChI=1S/C29H37NO4/c1-7-9-10-16-30-25(20-13-11-12-19(3)17-20)24(27(32)28(30)33)26(31)21-14-15-23(34-8-2)22(18-21)29(4,5)6/h11-15,17-18,25,31H,7-10,16H2,1-6H3/b26-24-. The molecular weight excluding hydrogens is 426 g/mol. The highest BCUT2D eigenvalue weighted by atomic mass is 16.5. The fraction of sp³-hybridized carbons (Fsp3) is 0.448. The number of carbonyl (C=O) groups is 2. The number of ketones is 1. The zero-order valence-electron chi connectivity index (χ0n) is 21.3. The summed E-state index contributed by atoms with van der Waals surface area (Å²) in [5.41, 5.74) is 3.23. The lowest BCUT2D eigenvalue weighted by molar-refractivity contribution is -0.139. The molecule has 1 fully saturated rings. The highest BCUT2D eigenvalue weighted by Crippen LogP contribution is 2.41. The predicted molar refractivity (Wildman–Crippen MR) is 136 cm³/mol. The van der Waals surface area contributed by atoms with Crippen LogP contribution in [0.4, 0.5) is 0 Å². The van der Waals surface area contributed by atoms with E-state index < -0.39 is 17.7 Å². The monoisotopic (exact) mass is 463 g/mol. The van der Waals surface area contributed by atoms with Gasteiger partial charge in [0.2, 0.25) is 0 Å². The molecule has 5 nitrogen and oxygen atoms in total. The highest BCUT2D eigenvalue weighted by molar-refractivity contribution is 6.46. The lowest BCUT2D eigenvalue weighted by Gasteiger charge is -2.26. The van der Waals surface area contributed by atoms with E-state index >= 15 is 0 Å². The molecule has 5 heteroatoms. The second kappa shape index (κ2) is 10.5. The first-order valence-corrected chi connectivity index (χ1v) is 12.2. The van der Waals surface area contributed by atoms with Crippen LogP contribution in [0.3, 0.4) is 0 Å². The Morgan fingerprint density at radius 1 is 1.06 bits per heavy atom. The number of benzene rings is 2. The molecule has 2 aromatic rings. The maximum absolute atomic E-state index is 13.2. The van der Waals surface area contributed by atoms with E-state index in [4.69, 9.17) is 4.74 Å². The average molecular weight is 464 g/mol. The number of Topliss-reactive ketones (excluding diaryl/α,β-unsaturated/α-hetero) is 1. The molecule has 1 aliphatic heterocycles. The summed E-state index contributed by atoms with van der Waals surface area (Å²) in [6.45, 7) is 13.3. The number of carbonyl (C=O) groups excluding carboxylic acids is 2. The number of unbranched alkanes of at least 4 members (excludes halogenated alkanes) is 2. The van der Waals surface area contributed by atoms with Gasteiger partial charge in [-0.05, 0) is 49.4 Å². The van der Waals surface area contributed by atoms with E-state index in [1.165, 1.54) is 0 Å². The number of nitrogens with zero attached hydrogens (tertiary/aromatic N) is 1. The number of aliphatic hydroxyl groups is 1. The van der Waals surface area contributed by atoms with Gasteiger partial charge in [-0.15, -0.1) is 0 Å². The van der Waals surface area contributed by atoms with Crippen molar-refractivity contribution in [1.82, 2.24) is 4.90 Å². The summed E-state index contributed by atoms with van der Waals surface area (Å²) in [4.78, 5) is 28.0. The van der Waals surface area contributed by atoms with Crippen molar-refractivity contribution in [2.24, 2.45) is 0 Å². The largest absolute Gasteiger partial charge is 0.507 e. The van der Waals surface area contributed by atoms with Crippen molar-refractivity contribution in [3.05, 3.63) is 70.3 Å². The van der Waals surface area contributed by atoms with Crippen LogP contribution in [0.5, 0.6) is 5.75 Å². The number of ether oxygens (including phenoxy) is 1. The van der Waals surface area contributed by atoms with E-state index in [0.29, 0.717) is 18.7 Å². The Bertz CT molecular complexity index is 1090. The fourth-order valence-corrected chi connectivity index (χ4v) is 4.53. The minimum atomic E-state index is -0.633. The van der Waals surface area contributed by atoms with E-state index in [9.17, 15) is 14.7 Å². The number of rotatable bonds is 8. The van der Waals surface area contributed by atoms with Crippen LogP contribution in [0.2, 0.25) is 0 Å². The first-order valence-electron chi connectivity index (χ1n) is 12.2. The van der Waals surface area contributed by atoms with Crippen LogP contribution in [0.1, 0.15) is 82.2 Å². The molecular formula is C29H37NO4. The number of amides is 1. The smallest absolute Gasteiger partial charge is 0.295 e. The van der Waals surface area contributed by atoms with Gasteiger partial charge in [0.05, 0.1) is 18.2 Å². The molecule has 1 saturated heterocycles. The molecule has 1 amide bonds. The lowest BCUT2D eigenvalue weighted by atomic mass is 9.84. The van der Waals surface area contributed by atoms with Crippen LogP contribution in [0.25, 0.3) is 5.76 Å². The van der Waals surface area contributed by atoms with E-state index in [1.807, 2.05) is 50.2 Å². The second-order valence-electron chi connectivity index (χ2n) is 10.0. The number of hydrogen-bond donors (Lipinski definition) is 1. The second-order valence-corrected chi connectivity index (χ2v) is 10.0. The normalized spacial score (nSPS) is 17.9. The molecule has 34 heavy (non-hydrogen) atoms. The highest BCUT2D eigenvalue weighted by Gasteiger charge is 2.45. The van der Waals surface area contributed by atoms with E-state index in [0.717, 1.165) is 41.7 Å². The molecule has 0 aromatic heterocycles. The van der Waals surface area contributed by atoms with Crippen molar-refractivity contribution in [2.45, 2.75) is 72.3 Å². The van der Waals surface area contributed by atoms with E-state index in [2.05, 4.69) is 27.7 Å². The topological polar surface area (TPSA) is 66.8 Å². The minimum Gasteiger partial charge on any atom is -0.507 e. The summed E-state index contributed by atoms with van der Waals surface area (Å²) in [5.74, 6) is -0.573. The number of likely N-dealkylation sites (tertiary alicyclic amines) is 1. The Hall–Kier alpha value is -3.08. The van der Waals surface area contributed by atoms with Crippen molar-refractivity contribution in [3.8, 4) is 5.75 Å². The van der Waals surface area contributed by atoms with Gasteiger partial charge in [0.25, 0.3) is 11.7 Å². The Morgan fingerprint density at radius 2 is 1.79 bits per heavy atom. The van der Waals surface area contributed by atoms with Crippen molar-refractivity contribution >= 4 is 17.4 Å². The zero-order valence-corrected chi connectivity index (χ0v) is 21.3. The molecule has 0 aliphatic carbocycles. The maximum atomic E-state index is 13.2. The zero-order chi connectivity index (χ0) is 25.0. The van der Waals surface area contributed by atoms with Crippen LogP contribution in [-0.2, 0) is 15.0 Å². The average Bonchev–Trinajstić information content (AvgIpc) is 3.03. The Kier molecular flexibility index (Phi) is 7.86. The van der Waals surface area contributed by atoms with Gasteiger partial charge >= 0.3 is 0 Å². The summed E-state index contributed by atoms with van der Waals surface area (Å²) in [7, 11) is 0. The summed E-state index contributed by atoms with van der Waals surface area (Å²) < 4.78 is 5.81. The fourth-order valence-electron chi connectivity index (χ4n) is 4.53. The van der Waals surface area contributed by atoms with E-state index in [-0.39, 0.29) is 16.7 Å². The Morgan fingerprint density at radius 3 is 2.41 bits per heavy atom. The van der Waals surface area contributed by atoms with Gasteiger partial charge in [-0.2, -0.15) is 0 Å². The van der Waals surface area contributed by atoms with Crippen molar-refractivity contribution < 1.29 is 19.4 Å². The van der Waals surface area contributed by atoms with Crippen molar-refractivity contribution in [3.63, 3.8) is 0 Å². The van der Waals surface area contributed by atoms with Gasteiger partial charge < -0.3 is 14.7 Å². The molecule has 0 spiro atoms. The van der Waals surface area contributed by atoms with Gasteiger partial charge in [0, 0.05) is 17.7 Å². The molecule has 2 aromatic carbocycles. The van der Waals surface area contributed by atoms with Gasteiger partial charge in [0.1, 0.15) is 11.5 Å². The molecule has 1 aliphatic rings. The summed E-state index contributed by atoms with van der Waals surface area (Å²) in [6.07, 6.45) is 2.79. The third-order valence-corrected chi connectivity index (χ3v) is 6.26. The Labute approximate surface area is 203 Å². The molecule has 0 saturated carbocycles. The first-order chi connectivity index (χ1) is 16.1. The van der Waals surface area contributed by atoms with Crippen LogP contribution >= 0.6 is 0 Å². The number of hydrogen-bond acceptors (Lipinski definition) is 4. The van der Waals surface area contributed by atoms with Gasteiger partial charge in [-0.1, -0.05) is 70.4 Å². The number of aryl methyl sites for hydroxylation is 1. The third-order valence-electron chi connectivity index (χ3n) is 6.26. The molecule has 182 valence electrons. The summed E-state index contributed by atoms with van der Waals surface area (Å²) >= 11 is 0. The van der Waals surface area contributed by atoms with Crippen LogP contribution < -0.4 is 4.74 Å². The molecule has 1 unspecified atom stereocenters. The van der Waals surface area contributed by atoms with Gasteiger partial charge in [-0.25, -0.2) is 0 Å². The van der Waals surface area contributed by atoms with Crippen LogP contribution in [-0.4, -0.2) is 34.8 Å². The lowest BCUT2D eigenvalue weighted by Crippen LogP contribution is -2.30. The molecule has 0 radical (unpaired) electrons. The summed E-state index contributed by atoms with van der Waals surface area (Å²) in [5, 5.41) is 11.4. The maximum Gasteiger partial charge on any atom is 0.295 e. The Balaban J connectivity index is 2.18. The van der Waals surface area contributed by atoms with Gasteiger partial charge in [0.15, 0.2) is 0 Å². The van der Waals surface area contributed by atoms with E-state index in [1.54, 1.807) is 11.0 Å². The summed E-state index contributed by atoms with van der Waals surface area (Å²) in [6, 6.07) is 12.7. The first kappa shape index (κ1) is 25.5. The molecule has 1 heterocycles. The van der Waals surface area contributed by atoms with Gasteiger partial charge in [-0.3, -0.25) is 9.59 Å². The number of aliphatic hydroxyl groups excluding tert-OH is 1. The SMILES string of the molecule is CCCCCN1C(=O)C(=O)/C(=C(\O)c2ccc(OCC)c(C(C)(C)C)c2)C1c1cccc(C)c1. The van der Waals surface area contributed by atoms with Crippen molar-refractivity contribution in [2.75, 3.05) is 13.2 Å². The molecule has 1 N–H and O–H groups in total. The molecule has 1 atom stereocenters. The quantitative estimate of drug-likeness (QED) is 0.216. The van der Waals surface area contributed by atoms with Crippen molar-refractivity contribution in [1.29, 1.82) is 0 Å².